The molecule has 158 valence electrons. The van der Waals surface area contributed by atoms with Gasteiger partial charge in [0.1, 0.15) is 0 Å². The summed E-state index contributed by atoms with van der Waals surface area (Å²) in [5.74, 6) is 1.01. The quantitative estimate of drug-likeness (QED) is 0.488. The van der Waals surface area contributed by atoms with Gasteiger partial charge in [0, 0.05) is 56.1 Å². The first-order valence-corrected chi connectivity index (χ1v) is 11.4. The third-order valence-electron chi connectivity index (χ3n) is 5.09. The van der Waals surface area contributed by atoms with Gasteiger partial charge in [0.05, 0.1) is 6.54 Å². The first-order chi connectivity index (χ1) is 13.4. The Kier molecular flexibility index (Phi) is 9.25. The van der Waals surface area contributed by atoms with Crippen molar-refractivity contribution >= 4 is 23.2 Å². The van der Waals surface area contributed by atoms with Gasteiger partial charge in [0.2, 0.25) is 5.91 Å². The molecule has 0 aromatic carbocycles. The molecule has 28 heavy (non-hydrogen) atoms. The maximum Gasteiger partial charge on any atom is 0.224 e. The highest BCUT2D eigenvalue weighted by atomic mass is 32.1. The highest BCUT2D eigenvalue weighted by Gasteiger charge is 2.21. The molecule has 0 saturated heterocycles. The maximum absolute atomic E-state index is 12.5. The van der Waals surface area contributed by atoms with Crippen molar-refractivity contribution in [2.24, 2.45) is 4.99 Å². The zero-order valence-electron chi connectivity index (χ0n) is 18.1. The first-order valence-electron chi connectivity index (χ1n) is 10.5. The number of fused-ring (bicyclic) bond motifs is 1. The summed E-state index contributed by atoms with van der Waals surface area (Å²) in [5, 5.41) is 8.71. The van der Waals surface area contributed by atoms with E-state index in [0.29, 0.717) is 25.0 Å². The Hall–Kier alpha value is -1.60. The number of carbonyl (C=O) groups is 1. The fourth-order valence-electron chi connectivity index (χ4n) is 3.64. The number of hydrogen-bond donors (Lipinski definition) is 2. The van der Waals surface area contributed by atoms with E-state index in [1.54, 1.807) is 11.3 Å². The van der Waals surface area contributed by atoms with E-state index in [4.69, 9.17) is 0 Å². The van der Waals surface area contributed by atoms with Crippen molar-refractivity contribution in [1.82, 2.24) is 20.4 Å². The smallest absolute Gasteiger partial charge is 0.224 e. The Bertz CT molecular complexity index is 632. The minimum absolute atomic E-state index is 0.214. The average Bonchev–Trinajstić information content (AvgIpc) is 3.12. The molecular weight excluding hydrogens is 370 g/mol. The van der Waals surface area contributed by atoms with Gasteiger partial charge >= 0.3 is 0 Å². The van der Waals surface area contributed by atoms with Crippen LogP contribution in [0.2, 0.25) is 0 Å². The van der Waals surface area contributed by atoms with E-state index in [0.717, 1.165) is 45.1 Å². The van der Waals surface area contributed by atoms with Crippen molar-refractivity contribution in [2.75, 3.05) is 32.7 Å². The number of carbonyl (C=O) groups excluding carboxylic acids is 1. The third kappa shape index (κ3) is 6.78. The number of aliphatic imine (C=N–C) groups is 1. The summed E-state index contributed by atoms with van der Waals surface area (Å²) >= 11 is 1.80. The molecule has 0 spiro atoms. The number of nitrogens with zero attached hydrogens (tertiary/aromatic N) is 3. The molecule has 0 saturated carbocycles. The monoisotopic (exact) mass is 407 g/mol. The Morgan fingerprint density at radius 2 is 2.04 bits per heavy atom. The van der Waals surface area contributed by atoms with E-state index in [9.17, 15) is 4.79 Å². The molecule has 0 radical (unpaired) electrons. The molecular formula is C21H37N5OS. The molecule has 0 bridgehead atoms. The highest BCUT2D eigenvalue weighted by molar-refractivity contribution is 7.10. The molecule has 1 aliphatic heterocycles. The van der Waals surface area contributed by atoms with Crippen LogP contribution in [0, 0.1) is 0 Å². The second kappa shape index (κ2) is 11.4. The number of amides is 1. The minimum atomic E-state index is 0.214. The number of rotatable bonds is 9. The van der Waals surface area contributed by atoms with Crippen LogP contribution in [0.25, 0.3) is 0 Å². The lowest BCUT2D eigenvalue weighted by Gasteiger charge is -2.29. The fourth-order valence-corrected chi connectivity index (χ4v) is 4.53. The van der Waals surface area contributed by atoms with Crippen molar-refractivity contribution in [3.8, 4) is 0 Å². The standard InChI is InChI=1S/C21H37N5OS/c1-6-22-21(24-11-13-26(16(2)3)17(4)5)23-10-7-20(27)25-12-8-19-18(15-25)9-14-28-19/h9,14,16-17H,6-8,10-13,15H2,1-5H3,(H2,22,23,24). The molecule has 1 aliphatic rings. The Balaban J connectivity index is 1.77. The molecule has 0 fully saturated rings. The zero-order chi connectivity index (χ0) is 20.5. The summed E-state index contributed by atoms with van der Waals surface area (Å²) in [6, 6.07) is 3.17. The molecule has 7 heteroatoms. The van der Waals surface area contributed by atoms with Crippen molar-refractivity contribution < 1.29 is 4.79 Å². The molecule has 2 N–H and O–H groups in total. The minimum Gasteiger partial charge on any atom is -0.357 e. The van der Waals surface area contributed by atoms with Crippen LogP contribution in [0.15, 0.2) is 16.4 Å². The van der Waals surface area contributed by atoms with Crippen LogP contribution in [0.5, 0.6) is 0 Å². The van der Waals surface area contributed by atoms with Crippen LogP contribution in [0.4, 0.5) is 0 Å². The van der Waals surface area contributed by atoms with Gasteiger partial charge in [-0.2, -0.15) is 0 Å². The first kappa shape index (κ1) is 22.7. The van der Waals surface area contributed by atoms with Gasteiger partial charge in [0.25, 0.3) is 0 Å². The van der Waals surface area contributed by atoms with Crippen LogP contribution in [-0.4, -0.2) is 66.5 Å². The molecule has 2 rings (SSSR count). The van der Waals surface area contributed by atoms with E-state index in [-0.39, 0.29) is 5.91 Å². The van der Waals surface area contributed by atoms with Gasteiger partial charge < -0.3 is 15.5 Å². The topological polar surface area (TPSA) is 60.0 Å². The summed E-state index contributed by atoms with van der Waals surface area (Å²) < 4.78 is 0. The van der Waals surface area contributed by atoms with E-state index in [1.807, 2.05) is 4.90 Å². The van der Waals surface area contributed by atoms with Gasteiger partial charge in [-0.15, -0.1) is 11.3 Å². The van der Waals surface area contributed by atoms with E-state index >= 15 is 0 Å². The van der Waals surface area contributed by atoms with Gasteiger partial charge in [-0.3, -0.25) is 14.7 Å². The molecule has 2 heterocycles. The molecule has 0 aliphatic carbocycles. The SMILES string of the molecule is CCNC(=NCCN(C(C)C)C(C)C)NCCC(=O)N1CCc2sccc2C1. The summed E-state index contributed by atoms with van der Waals surface area (Å²) in [5.41, 5.74) is 1.31. The van der Waals surface area contributed by atoms with Crippen molar-refractivity contribution in [3.63, 3.8) is 0 Å². The van der Waals surface area contributed by atoms with Crippen molar-refractivity contribution in [2.45, 2.75) is 66.1 Å². The number of thiophene rings is 1. The van der Waals surface area contributed by atoms with Crippen LogP contribution in [0.3, 0.4) is 0 Å². The second-order valence-corrected chi connectivity index (χ2v) is 8.80. The molecule has 0 atom stereocenters. The number of nitrogens with one attached hydrogen (secondary N) is 2. The summed E-state index contributed by atoms with van der Waals surface area (Å²) in [4.78, 5) is 23.1. The highest BCUT2D eigenvalue weighted by Crippen LogP contribution is 2.24. The van der Waals surface area contributed by atoms with E-state index < -0.39 is 0 Å². The van der Waals surface area contributed by atoms with Gasteiger partial charge in [-0.05, 0) is 58.0 Å². The van der Waals surface area contributed by atoms with Crippen LogP contribution < -0.4 is 10.6 Å². The molecule has 1 amide bonds. The predicted octanol–water partition coefficient (Wildman–Crippen LogP) is 2.70. The maximum atomic E-state index is 12.5. The summed E-state index contributed by atoms with van der Waals surface area (Å²) in [7, 11) is 0. The Morgan fingerprint density at radius 1 is 1.29 bits per heavy atom. The van der Waals surface area contributed by atoms with E-state index in [1.165, 1.54) is 10.4 Å². The van der Waals surface area contributed by atoms with Crippen molar-refractivity contribution in [3.05, 3.63) is 21.9 Å². The zero-order valence-corrected chi connectivity index (χ0v) is 18.9. The van der Waals surface area contributed by atoms with Gasteiger partial charge in [-0.25, -0.2) is 0 Å². The van der Waals surface area contributed by atoms with Crippen molar-refractivity contribution in [1.29, 1.82) is 0 Å². The lowest BCUT2D eigenvalue weighted by molar-refractivity contribution is -0.131. The third-order valence-corrected chi connectivity index (χ3v) is 6.11. The lowest BCUT2D eigenvalue weighted by Crippen LogP contribution is -2.42. The molecule has 6 nitrogen and oxygen atoms in total. The normalized spacial score (nSPS) is 14.7. The van der Waals surface area contributed by atoms with Gasteiger partial charge in [0.15, 0.2) is 5.96 Å². The Morgan fingerprint density at radius 3 is 2.71 bits per heavy atom. The lowest BCUT2D eigenvalue weighted by atomic mass is 10.1. The van der Waals surface area contributed by atoms with Crippen LogP contribution >= 0.6 is 11.3 Å². The predicted molar refractivity (Wildman–Crippen MR) is 119 cm³/mol. The summed E-state index contributed by atoms with van der Waals surface area (Å²) in [6.45, 7) is 15.6. The largest absolute Gasteiger partial charge is 0.357 e. The Labute approximate surface area is 174 Å². The van der Waals surface area contributed by atoms with Crippen LogP contribution in [0.1, 0.15) is 51.5 Å². The average molecular weight is 408 g/mol. The van der Waals surface area contributed by atoms with Crippen LogP contribution in [-0.2, 0) is 17.8 Å². The number of guanidine groups is 1. The number of hydrogen-bond acceptors (Lipinski definition) is 4. The molecule has 1 aromatic rings. The van der Waals surface area contributed by atoms with Gasteiger partial charge in [-0.1, -0.05) is 0 Å². The molecule has 1 aromatic heterocycles. The van der Waals surface area contributed by atoms with E-state index in [2.05, 4.69) is 66.6 Å². The fraction of sp³-hybridized carbons (Fsp3) is 0.714. The molecule has 0 unspecified atom stereocenters. The summed E-state index contributed by atoms with van der Waals surface area (Å²) in [6.07, 6.45) is 1.48. The second-order valence-electron chi connectivity index (χ2n) is 7.80.